The van der Waals surface area contributed by atoms with Gasteiger partial charge < -0.3 is 29.3 Å². The molecular weight excluding hydrogens is 225 g/mol. The fourth-order valence-corrected chi connectivity index (χ4v) is 0.786. The Hall–Kier alpha value is 1.54. The van der Waals surface area contributed by atoms with Crippen LogP contribution in [0.3, 0.4) is 0 Å². The average Bonchev–Trinajstić information content (AvgIpc) is 1.80. The molecule has 66 valence electrons. The SMILES string of the molecule is O=C([O-])[C@H](CO)OP(=O)([O-])O.[Na+].[Na+]. The summed E-state index contributed by atoms with van der Waals surface area (Å²) in [5.74, 6) is -1.92. The van der Waals surface area contributed by atoms with E-state index >= 15 is 0 Å². The largest absolute Gasteiger partial charge is 1.00 e. The van der Waals surface area contributed by atoms with E-state index in [-0.39, 0.29) is 59.1 Å². The third-order valence-corrected chi connectivity index (χ3v) is 1.21. The van der Waals surface area contributed by atoms with Crippen LogP contribution in [0.2, 0.25) is 0 Å². The van der Waals surface area contributed by atoms with Crippen molar-refractivity contribution in [3.05, 3.63) is 0 Å². The summed E-state index contributed by atoms with van der Waals surface area (Å²) in [7, 11) is -5.12. The maximum Gasteiger partial charge on any atom is 1.00 e. The van der Waals surface area contributed by atoms with E-state index in [0.717, 1.165) is 0 Å². The predicted octanol–water partition coefficient (Wildman–Crippen LogP) is -9.42. The van der Waals surface area contributed by atoms with Crippen molar-refractivity contribution in [1.82, 2.24) is 0 Å². The standard InChI is InChI=1S/C3H7O7P.2Na/c4-1-2(3(5)6)10-11(7,8)9;;/h2,4H,1H2,(H,5,6)(H2,7,8,9);;/q;2*+1/p-2/t2-;;/m0../s1. The zero-order valence-electron chi connectivity index (χ0n) is 7.17. The molecule has 0 aliphatic heterocycles. The van der Waals surface area contributed by atoms with Gasteiger partial charge in [0.1, 0.15) is 6.10 Å². The van der Waals surface area contributed by atoms with Crippen molar-refractivity contribution in [2.24, 2.45) is 0 Å². The maximum absolute atomic E-state index is 9.86. The Kier molecular flexibility index (Phi) is 13.6. The van der Waals surface area contributed by atoms with Gasteiger partial charge in [0.2, 0.25) is 0 Å². The number of aliphatic carboxylic acids is 1. The van der Waals surface area contributed by atoms with Crippen LogP contribution in [0.1, 0.15) is 0 Å². The van der Waals surface area contributed by atoms with E-state index in [4.69, 9.17) is 10.00 Å². The van der Waals surface area contributed by atoms with Gasteiger partial charge in [0.25, 0.3) is 7.82 Å². The Labute approximate surface area is 118 Å². The number of rotatable bonds is 4. The molecular formula is C3H5Na2O7P. The number of aliphatic hydroxyl groups excluding tert-OH is 1. The van der Waals surface area contributed by atoms with Gasteiger partial charge in [-0.15, -0.1) is 0 Å². The summed E-state index contributed by atoms with van der Waals surface area (Å²) in [5, 5.41) is 18.0. The smallest absolute Gasteiger partial charge is 0.756 e. The molecule has 0 heterocycles. The Balaban J connectivity index is -0.000000500. The number of phosphoric ester groups is 1. The molecule has 0 saturated carbocycles. The summed E-state index contributed by atoms with van der Waals surface area (Å²) in [5.41, 5.74) is 0. The van der Waals surface area contributed by atoms with E-state index in [9.17, 15) is 19.4 Å². The average molecular weight is 230 g/mol. The van der Waals surface area contributed by atoms with Gasteiger partial charge in [0.15, 0.2) is 0 Å². The molecule has 0 aromatic carbocycles. The van der Waals surface area contributed by atoms with Crippen molar-refractivity contribution in [3.8, 4) is 0 Å². The molecule has 0 aromatic heterocycles. The van der Waals surface area contributed by atoms with Crippen LogP contribution < -0.4 is 69.1 Å². The molecule has 1 unspecified atom stereocenters. The number of hydrogen-bond donors (Lipinski definition) is 2. The van der Waals surface area contributed by atoms with Crippen LogP contribution in [-0.2, 0) is 13.9 Å². The van der Waals surface area contributed by atoms with Gasteiger partial charge in [0, 0.05) is 0 Å². The van der Waals surface area contributed by atoms with Crippen LogP contribution in [0, 0.1) is 0 Å². The molecule has 2 N–H and O–H groups in total. The number of aliphatic hydroxyl groups is 1. The Morgan fingerprint density at radius 2 is 1.92 bits per heavy atom. The fraction of sp³-hybridized carbons (Fsp3) is 0.667. The van der Waals surface area contributed by atoms with E-state index in [2.05, 4.69) is 4.52 Å². The summed E-state index contributed by atoms with van der Waals surface area (Å²) >= 11 is 0. The summed E-state index contributed by atoms with van der Waals surface area (Å²) in [6.45, 7) is -1.09. The van der Waals surface area contributed by atoms with E-state index < -0.39 is 26.5 Å². The van der Waals surface area contributed by atoms with Crippen LogP contribution in [0.15, 0.2) is 0 Å². The zero-order valence-corrected chi connectivity index (χ0v) is 12.1. The molecule has 0 radical (unpaired) electrons. The van der Waals surface area contributed by atoms with Gasteiger partial charge in [-0.3, -0.25) is 4.57 Å². The molecule has 0 spiro atoms. The Morgan fingerprint density at radius 3 is 2.00 bits per heavy atom. The Morgan fingerprint density at radius 1 is 1.54 bits per heavy atom. The molecule has 0 rings (SSSR count). The second-order valence-corrected chi connectivity index (χ2v) is 2.71. The second-order valence-electron chi connectivity index (χ2n) is 1.56. The van der Waals surface area contributed by atoms with Crippen molar-refractivity contribution in [2.45, 2.75) is 6.10 Å². The molecule has 0 aliphatic rings. The Bertz CT molecular complexity index is 190. The fourth-order valence-electron chi connectivity index (χ4n) is 0.312. The molecule has 0 saturated heterocycles. The van der Waals surface area contributed by atoms with Gasteiger partial charge in [-0.1, -0.05) is 0 Å². The number of phosphoric acid groups is 1. The third-order valence-electron chi connectivity index (χ3n) is 0.689. The summed E-state index contributed by atoms with van der Waals surface area (Å²) in [6.07, 6.45) is -2.05. The van der Waals surface area contributed by atoms with Gasteiger partial charge in [-0.2, -0.15) is 0 Å². The minimum atomic E-state index is -5.12. The monoisotopic (exact) mass is 230 g/mol. The molecule has 0 fully saturated rings. The number of carbonyl (C=O) groups excluding carboxylic acids is 1. The van der Waals surface area contributed by atoms with Gasteiger partial charge in [-0.05, 0) is 0 Å². The molecule has 2 atom stereocenters. The first-order valence-electron chi connectivity index (χ1n) is 2.40. The minimum absolute atomic E-state index is 0. The number of carboxylic acids is 1. The first-order chi connectivity index (χ1) is 4.87. The van der Waals surface area contributed by atoms with Crippen LogP contribution >= 0.6 is 7.82 Å². The van der Waals surface area contributed by atoms with E-state index in [0.29, 0.717) is 0 Å². The normalized spacial score (nSPS) is 15.9. The van der Waals surface area contributed by atoms with Gasteiger partial charge in [-0.25, -0.2) is 0 Å². The maximum atomic E-state index is 9.86. The third kappa shape index (κ3) is 11.5. The second kappa shape index (κ2) is 8.82. The van der Waals surface area contributed by atoms with E-state index in [1.807, 2.05) is 0 Å². The zero-order chi connectivity index (χ0) is 9.07. The van der Waals surface area contributed by atoms with Crippen molar-refractivity contribution in [3.63, 3.8) is 0 Å². The van der Waals surface area contributed by atoms with Crippen molar-refractivity contribution in [1.29, 1.82) is 0 Å². The molecule has 0 amide bonds. The summed E-state index contributed by atoms with van der Waals surface area (Å²) in [4.78, 5) is 27.6. The molecule has 0 aromatic rings. The number of hydrogen-bond acceptors (Lipinski definition) is 6. The first kappa shape index (κ1) is 20.0. The van der Waals surface area contributed by atoms with Crippen molar-refractivity contribution in [2.75, 3.05) is 6.61 Å². The molecule has 10 heteroatoms. The molecule has 0 aliphatic carbocycles. The van der Waals surface area contributed by atoms with Crippen LogP contribution in [0.4, 0.5) is 0 Å². The summed E-state index contributed by atoms with van der Waals surface area (Å²) in [6, 6.07) is 0. The topological polar surface area (TPSA) is 130 Å². The summed E-state index contributed by atoms with van der Waals surface area (Å²) < 4.78 is 13.4. The number of carboxylic acid groups (broad SMARTS) is 1. The first-order valence-corrected chi connectivity index (χ1v) is 3.90. The molecule has 7 nitrogen and oxygen atoms in total. The minimum Gasteiger partial charge on any atom is -0.756 e. The quantitative estimate of drug-likeness (QED) is 0.362. The van der Waals surface area contributed by atoms with Crippen LogP contribution in [-0.4, -0.2) is 28.7 Å². The van der Waals surface area contributed by atoms with Crippen molar-refractivity contribution >= 4 is 13.8 Å². The van der Waals surface area contributed by atoms with Gasteiger partial charge >= 0.3 is 59.1 Å². The van der Waals surface area contributed by atoms with E-state index in [1.54, 1.807) is 0 Å². The van der Waals surface area contributed by atoms with Crippen molar-refractivity contribution < 1.29 is 93.0 Å². The van der Waals surface area contributed by atoms with E-state index in [1.165, 1.54) is 0 Å². The molecule has 0 bridgehead atoms. The van der Waals surface area contributed by atoms with Crippen LogP contribution in [0.25, 0.3) is 0 Å². The molecule has 13 heavy (non-hydrogen) atoms. The predicted molar refractivity (Wildman–Crippen MR) is 26.8 cm³/mol. The number of carbonyl (C=O) groups is 1. The van der Waals surface area contributed by atoms with Crippen LogP contribution in [0.5, 0.6) is 0 Å². The van der Waals surface area contributed by atoms with Gasteiger partial charge in [0.05, 0.1) is 12.6 Å².